The Morgan fingerprint density at radius 2 is 1.74 bits per heavy atom. The summed E-state index contributed by atoms with van der Waals surface area (Å²) in [6, 6.07) is 3.59. The summed E-state index contributed by atoms with van der Waals surface area (Å²) in [6.07, 6.45) is 2.52. The van der Waals surface area contributed by atoms with E-state index in [4.69, 9.17) is 14.2 Å². The summed E-state index contributed by atoms with van der Waals surface area (Å²) >= 11 is 0. The van der Waals surface area contributed by atoms with Crippen LogP contribution >= 0.6 is 0 Å². The molecule has 2 rings (SSSR count). The summed E-state index contributed by atoms with van der Waals surface area (Å²) < 4.78 is 16.0. The molecule has 0 bridgehead atoms. The van der Waals surface area contributed by atoms with Crippen LogP contribution in [-0.2, 0) is 0 Å². The monoisotopic (exact) mass is 319 g/mol. The number of ether oxygens (including phenoxy) is 3. The van der Waals surface area contributed by atoms with Crippen molar-refractivity contribution >= 4 is 17.5 Å². The number of hydrogen-bond donors (Lipinski definition) is 2. The van der Waals surface area contributed by atoms with Crippen molar-refractivity contribution in [3.63, 3.8) is 0 Å². The van der Waals surface area contributed by atoms with Gasteiger partial charge in [0.1, 0.15) is 0 Å². The second-order valence-corrected chi connectivity index (χ2v) is 4.63. The quantitative estimate of drug-likeness (QED) is 0.767. The fourth-order valence-electron chi connectivity index (χ4n) is 1.98. The van der Waals surface area contributed by atoms with Crippen molar-refractivity contribution in [1.82, 2.24) is 15.2 Å². The summed E-state index contributed by atoms with van der Waals surface area (Å²) in [5, 5.41) is 14.1. The maximum absolute atomic E-state index is 5.33. The van der Waals surface area contributed by atoms with E-state index in [1.807, 2.05) is 0 Å². The summed E-state index contributed by atoms with van der Waals surface area (Å²) in [7, 11) is 4.70. The fraction of sp³-hybridized carbons (Fsp3) is 0.400. The van der Waals surface area contributed by atoms with Crippen LogP contribution in [0.3, 0.4) is 0 Å². The molecule has 0 spiro atoms. The van der Waals surface area contributed by atoms with Gasteiger partial charge in [0.05, 0.1) is 27.5 Å². The molecule has 0 saturated carbocycles. The largest absolute Gasteiger partial charge is 0.493 e. The Morgan fingerprint density at radius 3 is 2.30 bits per heavy atom. The third-order valence-electron chi connectivity index (χ3n) is 3.03. The second-order valence-electron chi connectivity index (χ2n) is 4.63. The lowest BCUT2D eigenvalue weighted by atomic mass is 10.2. The van der Waals surface area contributed by atoms with E-state index in [0.717, 1.165) is 18.7 Å². The fourth-order valence-corrected chi connectivity index (χ4v) is 1.98. The highest BCUT2D eigenvalue weighted by Gasteiger charge is 2.13. The molecule has 124 valence electrons. The lowest BCUT2D eigenvalue weighted by Crippen LogP contribution is -2.07. The van der Waals surface area contributed by atoms with Crippen molar-refractivity contribution in [3.05, 3.63) is 18.3 Å². The highest BCUT2D eigenvalue weighted by atomic mass is 16.5. The van der Waals surface area contributed by atoms with Crippen LogP contribution in [0.15, 0.2) is 18.3 Å². The normalized spacial score (nSPS) is 10.1. The maximum atomic E-state index is 5.33. The van der Waals surface area contributed by atoms with Crippen LogP contribution in [0, 0.1) is 0 Å². The van der Waals surface area contributed by atoms with Gasteiger partial charge in [0.25, 0.3) is 0 Å². The number of hydrogen-bond acceptors (Lipinski definition) is 8. The van der Waals surface area contributed by atoms with Gasteiger partial charge >= 0.3 is 0 Å². The van der Waals surface area contributed by atoms with Crippen molar-refractivity contribution < 1.29 is 14.2 Å². The van der Waals surface area contributed by atoms with Gasteiger partial charge in [-0.25, -0.2) is 0 Å². The van der Waals surface area contributed by atoms with Crippen molar-refractivity contribution in [2.75, 3.05) is 38.5 Å². The highest BCUT2D eigenvalue weighted by Crippen LogP contribution is 2.40. The molecule has 1 aromatic carbocycles. The molecular formula is C15H21N5O3. The predicted molar refractivity (Wildman–Crippen MR) is 88.0 cm³/mol. The van der Waals surface area contributed by atoms with Crippen LogP contribution in [-0.4, -0.2) is 43.1 Å². The van der Waals surface area contributed by atoms with Crippen LogP contribution in [0.5, 0.6) is 17.2 Å². The minimum absolute atomic E-state index is 0.476. The van der Waals surface area contributed by atoms with E-state index >= 15 is 0 Å². The molecule has 0 aliphatic heterocycles. The standard InChI is InChI=1S/C15H21N5O3/c1-5-6-16-15-19-13(9-17-20-15)18-10-7-11(21-2)14(23-4)12(8-10)22-3/h7-9H,5-6H2,1-4H3,(H2,16,18,19,20). The Labute approximate surface area is 135 Å². The SMILES string of the molecule is CCCNc1nncc(Nc2cc(OC)c(OC)c(OC)c2)n1. The van der Waals surface area contributed by atoms with E-state index in [-0.39, 0.29) is 0 Å². The lowest BCUT2D eigenvalue weighted by molar-refractivity contribution is 0.324. The number of benzene rings is 1. The summed E-state index contributed by atoms with van der Waals surface area (Å²) in [5.74, 6) is 2.69. The van der Waals surface area contributed by atoms with Crippen LogP contribution in [0.1, 0.15) is 13.3 Å². The molecule has 2 N–H and O–H groups in total. The summed E-state index contributed by atoms with van der Waals surface area (Å²) in [4.78, 5) is 4.35. The first kappa shape index (κ1) is 16.6. The van der Waals surface area contributed by atoms with Crippen LogP contribution in [0.4, 0.5) is 17.5 Å². The molecule has 0 radical (unpaired) electrons. The molecule has 23 heavy (non-hydrogen) atoms. The molecule has 0 atom stereocenters. The van der Waals surface area contributed by atoms with Crippen molar-refractivity contribution in [3.8, 4) is 17.2 Å². The van der Waals surface area contributed by atoms with Gasteiger partial charge < -0.3 is 24.8 Å². The lowest BCUT2D eigenvalue weighted by Gasteiger charge is -2.14. The average Bonchev–Trinajstić information content (AvgIpc) is 2.59. The molecule has 0 saturated heterocycles. The van der Waals surface area contributed by atoms with Gasteiger partial charge in [-0.2, -0.15) is 10.1 Å². The topological polar surface area (TPSA) is 90.4 Å². The third kappa shape index (κ3) is 4.12. The van der Waals surface area contributed by atoms with E-state index in [1.54, 1.807) is 39.7 Å². The number of nitrogens with one attached hydrogen (secondary N) is 2. The average molecular weight is 319 g/mol. The molecule has 1 heterocycles. The van der Waals surface area contributed by atoms with Gasteiger partial charge in [-0.05, 0) is 6.42 Å². The Kier molecular flexibility index (Phi) is 5.79. The molecule has 8 heteroatoms. The first-order valence-electron chi connectivity index (χ1n) is 7.22. The zero-order valence-electron chi connectivity index (χ0n) is 13.7. The Hall–Kier alpha value is -2.77. The molecule has 0 amide bonds. The molecular weight excluding hydrogens is 298 g/mol. The molecule has 0 aliphatic carbocycles. The zero-order chi connectivity index (χ0) is 16.7. The Balaban J connectivity index is 2.26. The van der Waals surface area contributed by atoms with E-state index in [0.29, 0.717) is 29.0 Å². The Morgan fingerprint density at radius 1 is 1.04 bits per heavy atom. The smallest absolute Gasteiger partial charge is 0.244 e. The second kappa shape index (κ2) is 8.02. The van der Waals surface area contributed by atoms with Crippen molar-refractivity contribution in [2.45, 2.75) is 13.3 Å². The highest BCUT2D eigenvalue weighted by molar-refractivity contribution is 5.66. The molecule has 8 nitrogen and oxygen atoms in total. The number of nitrogens with zero attached hydrogens (tertiary/aromatic N) is 3. The van der Waals surface area contributed by atoms with Gasteiger partial charge in [0.2, 0.25) is 11.7 Å². The van der Waals surface area contributed by atoms with Crippen molar-refractivity contribution in [1.29, 1.82) is 0 Å². The van der Waals surface area contributed by atoms with Crippen LogP contribution < -0.4 is 24.8 Å². The molecule has 0 unspecified atom stereocenters. The summed E-state index contributed by atoms with van der Waals surface area (Å²) in [6.45, 7) is 2.85. The van der Waals surface area contributed by atoms with Gasteiger partial charge in [0, 0.05) is 24.4 Å². The van der Waals surface area contributed by atoms with E-state index < -0.39 is 0 Å². The number of anilines is 3. The summed E-state index contributed by atoms with van der Waals surface area (Å²) in [5.41, 5.74) is 0.737. The van der Waals surface area contributed by atoms with Gasteiger partial charge in [-0.15, -0.1) is 5.10 Å². The Bertz CT molecular complexity index is 626. The van der Waals surface area contributed by atoms with E-state index in [1.165, 1.54) is 0 Å². The number of rotatable bonds is 8. The van der Waals surface area contributed by atoms with Crippen LogP contribution in [0.2, 0.25) is 0 Å². The minimum atomic E-state index is 0.476. The van der Waals surface area contributed by atoms with Gasteiger partial charge in [0.15, 0.2) is 17.3 Å². The van der Waals surface area contributed by atoms with Crippen LogP contribution in [0.25, 0.3) is 0 Å². The third-order valence-corrected chi connectivity index (χ3v) is 3.03. The zero-order valence-corrected chi connectivity index (χ0v) is 13.7. The first-order chi connectivity index (χ1) is 11.2. The predicted octanol–water partition coefficient (Wildman–Crippen LogP) is 2.46. The molecule has 0 fully saturated rings. The molecule has 2 aromatic rings. The first-order valence-corrected chi connectivity index (χ1v) is 7.22. The van der Waals surface area contributed by atoms with Crippen molar-refractivity contribution in [2.24, 2.45) is 0 Å². The van der Waals surface area contributed by atoms with Gasteiger partial charge in [-0.3, -0.25) is 0 Å². The maximum Gasteiger partial charge on any atom is 0.244 e. The number of methoxy groups -OCH3 is 3. The van der Waals surface area contributed by atoms with E-state index in [9.17, 15) is 0 Å². The molecule has 1 aromatic heterocycles. The molecule has 0 aliphatic rings. The van der Waals surface area contributed by atoms with E-state index in [2.05, 4.69) is 32.7 Å². The number of aromatic nitrogens is 3. The minimum Gasteiger partial charge on any atom is -0.493 e. The van der Waals surface area contributed by atoms with Gasteiger partial charge in [-0.1, -0.05) is 6.92 Å².